The molecule has 0 atom stereocenters. The van der Waals surface area contributed by atoms with Crippen LogP contribution in [0.5, 0.6) is 0 Å². The molecule has 0 rings (SSSR count). The van der Waals surface area contributed by atoms with Gasteiger partial charge in [0.2, 0.25) is 0 Å². The van der Waals surface area contributed by atoms with E-state index in [0.717, 1.165) is 52.1 Å². The summed E-state index contributed by atoms with van der Waals surface area (Å²) >= 11 is 0. The molecule has 0 heterocycles. The molecule has 0 aromatic heterocycles. The van der Waals surface area contributed by atoms with E-state index in [-0.39, 0.29) is 37.7 Å². The monoisotopic (exact) mass is 242 g/mol. The van der Waals surface area contributed by atoms with E-state index in [1.165, 1.54) is 12.8 Å². The average Bonchev–Trinajstić information content (AvgIpc) is 2.21. The Morgan fingerprint density at radius 3 is 1.27 bits per heavy atom. The van der Waals surface area contributed by atoms with Crippen LogP contribution in [0.1, 0.15) is 25.7 Å². The third-order valence-electron chi connectivity index (χ3n) is 2.07. The number of hydrogen-bond acceptors (Lipinski definition) is 4. The number of rotatable bonds is 11. The van der Waals surface area contributed by atoms with Gasteiger partial charge in [-0.1, -0.05) is 0 Å². The van der Waals surface area contributed by atoms with Crippen molar-refractivity contribution in [2.45, 2.75) is 25.7 Å². The second-order valence-electron chi connectivity index (χ2n) is 3.49. The van der Waals surface area contributed by atoms with Crippen molar-refractivity contribution >= 4 is 0 Å². The summed E-state index contributed by atoms with van der Waals surface area (Å²) in [4.78, 5) is 0. The first kappa shape index (κ1) is 18.5. The molecule has 5 heteroatoms. The van der Waals surface area contributed by atoms with Gasteiger partial charge >= 0.3 is 0 Å². The molecule has 0 aliphatic rings. The molecular formula is C10H26ArN4. The first-order chi connectivity index (χ1) is 6.91. The van der Waals surface area contributed by atoms with Crippen LogP contribution in [0.3, 0.4) is 0 Å². The topological polar surface area (TPSA) is 76.1 Å². The summed E-state index contributed by atoms with van der Waals surface area (Å²) in [5.74, 6) is 0. The minimum atomic E-state index is 0. The Kier molecular flexibility index (Phi) is 21.5. The third-order valence-corrected chi connectivity index (χ3v) is 2.07. The van der Waals surface area contributed by atoms with Gasteiger partial charge in [0, 0.05) is 37.7 Å². The van der Waals surface area contributed by atoms with Gasteiger partial charge in [0.1, 0.15) is 0 Å². The molecule has 0 saturated heterocycles. The molecule has 94 valence electrons. The fraction of sp³-hybridized carbons (Fsp3) is 1.00. The molecule has 0 aliphatic heterocycles. The summed E-state index contributed by atoms with van der Waals surface area (Å²) in [6.45, 7) is 5.90. The molecule has 6 N–H and O–H groups in total. The Hall–Kier alpha value is 1.10. The van der Waals surface area contributed by atoms with Crippen LogP contribution >= 0.6 is 0 Å². The van der Waals surface area contributed by atoms with Gasteiger partial charge in [-0.2, -0.15) is 0 Å². The van der Waals surface area contributed by atoms with Crippen molar-refractivity contribution < 1.29 is 37.7 Å². The first-order valence-corrected chi connectivity index (χ1v) is 5.73. The fourth-order valence-electron chi connectivity index (χ4n) is 1.20. The molecule has 0 unspecified atom stereocenters. The molecule has 0 spiro atoms. The average molecular weight is 242 g/mol. The molecule has 0 aliphatic carbocycles. The largest absolute Gasteiger partial charge is 0.330 e. The van der Waals surface area contributed by atoms with E-state index in [9.17, 15) is 0 Å². The number of unbranched alkanes of at least 4 members (excludes halogenated alkanes) is 1. The SMILES string of the molecule is NCCCNCCCCNCCCN.[Ar]. The van der Waals surface area contributed by atoms with Gasteiger partial charge in [0.05, 0.1) is 0 Å². The summed E-state index contributed by atoms with van der Waals surface area (Å²) in [6, 6.07) is 0. The zero-order valence-electron chi connectivity index (χ0n) is 9.58. The van der Waals surface area contributed by atoms with Gasteiger partial charge < -0.3 is 22.1 Å². The van der Waals surface area contributed by atoms with Crippen molar-refractivity contribution in [2.75, 3.05) is 39.3 Å². The summed E-state index contributed by atoms with van der Waals surface area (Å²) in [5.41, 5.74) is 10.8. The molecule has 0 fully saturated rings. The molecule has 0 aromatic carbocycles. The standard InChI is InChI=1S/C10H26N4.Ar/c11-5-3-9-13-7-1-2-8-14-10-4-6-12;/h13-14H,1-12H2;. The van der Waals surface area contributed by atoms with Crippen LogP contribution in [0.4, 0.5) is 0 Å². The van der Waals surface area contributed by atoms with Gasteiger partial charge in [0.15, 0.2) is 0 Å². The summed E-state index contributed by atoms with van der Waals surface area (Å²) in [6.07, 6.45) is 4.63. The quantitative estimate of drug-likeness (QED) is 0.373. The van der Waals surface area contributed by atoms with Crippen molar-refractivity contribution in [3.8, 4) is 0 Å². The zero-order valence-corrected chi connectivity index (χ0v) is 10.3. The van der Waals surface area contributed by atoms with E-state index in [2.05, 4.69) is 10.6 Å². The molecule has 4 nitrogen and oxygen atoms in total. The van der Waals surface area contributed by atoms with E-state index < -0.39 is 0 Å². The molecule has 0 aromatic rings. The van der Waals surface area contributed by atoms with Gasteiger partial charge in [-0.05, 0) is 65.0 Å². The van der Waals surface area contributed by atoms with Crippen LogP contribution in [-0.4, -0.2) is 39.3 Å². The molecule has 15 heavy (non-hydrogen) atoms. The Bertz CT molecular complexity index is 91.4. The van der Waals surface area contributed by atoms with Gasteiger partial charge in [-0.15, -0.1) is 0 Å². The maximum atomic E-state index is 5.38. The van der Waals surface area contributed by atoms with E-state index in [1.54, 1.807) is 0 Å². The molecule has 0 bridgehead atoms. The first-order valence-electron chi connectivity index (χ1n) is 5.73. The summed E-state index contributed by atoms with van der Waals surface area (Å²) in [7, 11) is 0. The normalized spacial score (nSPS) is 10.0. The Morgan fingerprint density at radius 2 is 0.933 bits per heavy atom. The van der Waals surface area contributed by atoms with E-state index in [4.69, 9.17) is 11.5 Å². The van der Waals surface area contributed by atoms with Crippen LogP contribution in [0.15, 0.2) is 0 Å². The summed E-state index contributed by atoms with van der Waals surface area (Å²) in [5, 5.41) is 6.72. The van der Waals surface area contributed by atoms with Gasteiger partial charge in [0.25, 0.3) is 0 Å². The second-order valence-corrected chi connectivity index (χ2v) is 3.49. The van der Waals surface area contributed by atoms with E-state index >= 15 is 0 Å². The van der Waals surface area contributed by atoms with Crippen LogP contribution in [-0.2, 0) is 0 Å². The number of hydrogen-bond donors (Lipinski definition) is 4. The van der Waals surface area contributed by atoms with Crippen molar-refractivity contribution in [2.24, 2.45) is 11.5 Å². The number of nitrogens with one attached hydrogen (secondary N) is 2. The minimum Gasteiger partial charge on any atom is -0.330 e. The fourth-order valence-corrected chi connectivity index (χ4v) is 1.20. The Morgan fingerprint density at radius 1 is 0.600 bits per heavy atom. The maximum Gasteiger partial charge on any atom is 0 e. The second kappa shape index (κ2) is 17.5. The van der Waals surface area contributed by atoms with Crippen molar-refractivity contribution in [1.29, 1.82) is 0 Å². The number of nitrogens with two attached hydrogens (primary N) is 2. The van der Waals surface area contributed by atoms with Crippen LogP contribution in [0, 0.1) is 37.7 Å². The molecule has 0 saturated carbocycles. The predicted octanol–water partition coefficient (Wildman–Crippen LogP) is -0.357. The van der Waals surface area contributed by atoms with Crippen molar-refractivity contribution in [1.82, 2.24) is 10.6 Å². The van der Waals surface area contributed by atoms with Gasteiger partial charge in [-0.25, -0.2) is 0 Å². The van der Waals surface area contributed by atoms with Crippen LogP contribution in [0.2, 0.25) is 0 Å². The van der Waals surface area contributed by atoms with Crippen LogP contribution in [0.25, 0.3) is 0 Å². The smallest absolute Gasteiger partial charge is 0 e. The van der Waals surface area contributed by atoms with Crippen molar-refractivity contribution in [3.63, 3.8) is 0 Å². The minimum absolute atomic E-state index is 0. The Balaban J connectivity index is 0. The predicted molar refractivity (Wildman–Crippen MR) is 62.3 cm³/mol. The molecule has 0 radical (unpaired) electrons. The van der Waals surface area contributed by atoms with Gasteiger partial charge in [-0.3, -0.25) is 0 Å². The Labute approximate surface area is 124 Å². The third kappa shape index (κ3) is 17.7. The van der Waals surface area contributed by atoms with E-state index in [0.29, 0.717) is 0 Å². The zero-order chi connectivity index (χ0) is 10.5. The summed E-state index contributed by atoms with van der Waals surface area (Å²) < 4.78 is 0. The van der Waals surface area contributed by atoms with Crippen LogP contribution < -0.4 is 22.1 Å². The molecule has 0 amide bonds. The molecular weight excluding hydrogens is 216 g/mol. The van der Waals surface area contributed by atoms with Crippen molar-refractivity contribution in [3.05, 3.63) is 0 Å². The van der Waals surface area contributed by atoms with E-state index in [1.807, 2.05) is 0 Å². The maximum absolute atomic E-state index is 5.38.